The van der Waals surface area contributed by atoms with Crippen molar-refractivity contribution in [3.05, 3.63) is 35.9 Å². The van der Waals surface area contributed by atoms with Gasteiger partial charge in [0.15, 0.2) is 0 Å². The first-order valence-corrected chi connectivity index (χ1v) is 6.96. The maximum atomic E-state index is 13.2. The molecule has 1 amide bonds. The second-order valence-electron chi connectivity index (χ2n) is 5.68. The standard InChI is InChI=1S/C15H21F3N2O2/c1-10(2)8-12(19)13(21)20-9-14(22,15(16,17)18)11-6-4-3-5-7-11/h3-7,10,12,22H,8-9,19H2,1-2H3,(H,20,21)/t12-,14?/m0/s1. The number of carbonyl (C=O) groups is 1. The van der Waals surface area contributed by atoms with Crippen LogP contribution >= 0.6 is 0 Å². The highest BCUT2D eigenvalue weighted by atomic mass is 19.4. The third kappa shape index (κ3) is 4.45. The number of aliphatic hydroxyl groups is 1. The number of halogens is 3. The Morgan fingerprint density at radius 3 is 2.27 bits per heavy atom. The molecule has 124 valence electrons. The Morgan fingerprint density at radius 1 is 1.27 bits per heavy atom. The minimum atomic E-state index is -4.93. The highest BCUT2D eigenvalue weighted by Gasteiger charge is 2.55. The highest BCUT2D eigenvalue weighted by molar-refractivity contribution is 5.81. The van der Waals surface area contributed by atoms with Gasteiger partial charge in [-0.05, 0) is 17.9 Å². The lowest BCUT2D eigenvalue weighted by atomic mass is 9.92. The summed E-state index contributed by atoms with van der Waals surface area (Å²) in [5.41, 5.74) is 2.14. The predicted octanol–water partition coefficient (Wildman–Crippen LogP) is 1.93. The first kappa shape index (κ1) is 18.4. The largest absolute Gasteiger partial charge is 0.423 e. The van der Waals surface area contributed by atoms with Crippen LogP contribution in [0.4, 0.5) is 13.2 Å². The molecule has 1 aromatic carbocycles. The summed E-state index contributed by atoms with van der Waals surface area (Å²) in [5.74, 6) is -0.580. The van der Waals surface area contributed by atoms with Crippen LogP contribution in [-0.4, -0.2) is 29.8 Å². The highest BCUT2D eigenvalue weighted by Crippen LogP contribution is 2.38. The van der Waals surface area contributed by atoms with Crippen molar-refractivity contribution in [3.8, 4) is 0 Å². The molecule has 22 heavy (non-hydrogen) atoms. The summed E-state index contributed by atoms with van der Waals surface area (Å²) in [4.78, 5) is 11.8. The molecule has 7 heteroatoms. The van der Waals surface area contributed by atoms with Gasteiger partial charge >= 0.3 is 6.18 Å². The van der Waals surface area contributed by atoms with Crippen LogP contribution in [0.25, 0.3) is 0 Å². The van der Waals surface area contributed by atoms with Crippen molar-refractivity contribution in [1.82, 2.24) is 5.32 Å². The number of hydrogen-bond acceptors (Lipinski definition) is 3. The fourth-order valence-electron chi connectivity index (χ4n) is 2.04. The molecule has 0 fully saturated rings. The Labute approximate surface area is 127 Å². The van der Waals surface area contributed by atoms with E-state index in [1.165, 1.54) is 18.2 Å². The van der Waals surface area contributed by atoms with Gasteiger partial charge in [-0.25, -0.2) is 0 Å². The van der Waals surface area contributed by atoms with Crippen molar-refractivity contribution in [2.24, 2.45) is 11.7 Å². The Kier molecular flexibility index (Phi) is 5.96. The summed E-state index contributed by atoms with van der Waals surface area (Å²) in [6.45, 7) is 2.72. The molecule has 0 saturated heterocycles. The molecule has 0 radical (unpaired) electrons. The first-order valence-electron chi connectivity index (χ1n) is 6.96. The van der Waals surface area contributed by atoms with E-state index in [1.54, 1.807) is 0 Å². The molecule has 0 saturated carbocycles. The number of benzene rings is 1. The Bertz CT molecular complexity index is 491. The monoisotopic (exact) mass is 318 g/mol. The predicted molar refractivity (Wildman–Crippen MR) is 76.8 cm³/mol. The molecular weight excluding hydrogens is 297 g/mol. The van der Waals surface area contributed by atoms with E-state index in [2.05, 4.69) is 5.32 Å². The summed E-state index contributed by atoms with van der Waals surface area (Å²) in [7, 11) is 0. The molecule has 0 spiro atoms. The van der Waals surface area contributed by atoms with Gasteiger partial charge in [-0.3, -0.25) is 4.79 Å². The van der Waals surface area contributed by atoms with Crippen LogP contribution in [0.5, 0.6) is 0 Å². The average molecular weight is 318 g/mol. The smallest absolute Gasteiger partial charge is 0.375 e. The van der Waals surface area contributed by atoms with Crippen LogP contribution in [0.1, 0.15) is 25.8 Å². The van der Waals surface area contributed by atoms with E-state index < -0.39 is 30.3 Å². The van der Waals surface area contributed by atoms with E-state index >= 15 is 0 Å². The fraction of sp³-hybridized carbons (Fsp3) is 0.533. The number of nitrogens with one attached hydrogen (secondary N) is 1. The molecule has 4 nitrogen and oxygen atoms in total. The van der Waals surface area contributed by atoms with Gasteiger partial charge in [0, 0.05) is 0 Å². The Balaban J connectivity index is 2.87. The number of alkyl halides is 3. The van der Waals surface area contributed by atoms with Crippen molar-refractivity contribution in [3.63, 3.8) is 0 Å². The molecule has 0 heterocycles. The van der Waals surface area contributed by atoms with Crippen LogP contribution in [0, 0.1) is 5.92 Å². The molecule has 0 aliphatic rings. The van der Waals surface area contributed by atoms with E-state index in [0.29, 0.717) is 6.42 Å². The van der Waals surface area contributed by atoms with E-state index in [9.17, 15) is 23.1 Å². The molecule has 0 aliphatic carbocycles. The van der Waals surface area contributed by atoms with Gasteiger partial charge in [0.2, 0.25) is 11.5 Å². The second-order valence-corrected chi connectivity index (χ2v) is 5.68. The Morgan fingerprint density at radius 2 is 1.82 bits per heavy atom. The summed E-state index contributed by atoms with van der Waals surface area (Å²) < 4.78 is 39.7. The topological polar surface area (TPSA) is 75.4 Å². The Hall–Kier alpha value is -1.60. The van der Waals surface area contributed by atoms with Gasteiger partial charge in [0.05, 0.1) is 12.6 Å². The number of nitrogens with two attached hydrogens (primary N) is 1. The molecule has 1 rings (SSSR count). The fourth-order valence-corrected chi connectivity index (χ4v) is 2.04. The van der Waals surface area contributed by atoms with Gasteiger partial charge in [-0.15, -0.1) is 0 Å². The van der Waals surface area contributed by atoms with Gasteiger partial charge < -0.3 is 16.2 Å². The number of rotatable bonds is 6. The minimum absolute atomic E-state index is 0.136. The maximum Gasteiger partial charge on any atom is 0.423 e. The van der Waals surface area contributed by atoms with E-state index in [4.69, 9.17) is 5.73 Å². The third-order valence-electron chi connectivity index (χ3n) is 3.30. The lowest BCUT2D eigenvalue weighted by Crippen LogP contribution is -2.53. The molecule has 2 atom stereocenters. The molecule has 0 bridgehead atoms. The maximum absolute atomic E-state index is 13.2. The van der Waals surface area contributed by atoms with E-state index in [1.807, 2.05) is 13.8 Å². The van der Waals surface area contributed by atoms with E-state index in [0.717, 1.165) is 12.1 Å². The SMILES string of the molecule is CC(C)C[C@H](N)C(=O)NCC(O)(c1ccccc1)C(F)(F)F. The molecule has 0 aliphatic heterocycles. The summed E-state index contributed by atoms with van der Waals surface area (Å²) in [6, 6.07) is 5.73. The zero-order chi connectivity index (χ0) is 17.0. The minimum Gasteiger partial charge on any atom is -0.375 e. The van der Waals surface area contributed by atoms with Crippen molar-refractivity contribution >= 4 is 5.91 Å². The van der Waals surface area contributed by atoms with E-state index in [-0.39, 0.29) is 11.5 Å². The molecule has 1 unspecified atom stereocenters. The number of hydrogen-bond donors (Lipinski definition) is 3. The lowest BCUT2D eigenvalue weighted by Gasteiger charge is -2.31. The van der Waals surface area contributed by atoms with Crippen LogP contribution in [0.3, 0.4) is 0 Å². The summed E-state index contributed by atoms with van der Waals surface area (Å²) >= 11 is 0. The van der Waals surface area contributed by atoms with Crippen LogP contribution in [-0.2, 0) is 10.4 Å². The van der Waals surface area contributed by atoms with Gasteiger partial charge in [0.25, 0.3) is 0 Å². The third-order valence-corrected chi connectivity index (χ3v) is 3.30. The first-order chi connectivity index (χ1) is 10.1. The normalized spacial score (nSPS) is 16.2. The van der Waals surface area contributed by atoms with Gasteiger partial charge in [0.1, 0.15) is 0 Å². The van der Waals surface area contributed by atoms with Crippen LogP contribution in [0.2, 0.25) is 0 Å². The van der Waals surface area contributed by atoms with Crippen molar-refractivity contribution < 1.29 is 23.1 Å². The zero-order valence-electron chi connectivity index (χ0n) is 12.5. The number of amides is 1. The zero-order valence-corrected chi connectivity index (χ0v) is 12.5. The second kappa shape index (κ2) is 7.11. The molecular formula is C15H21F3N2O2. The van der Waals surface area contributed by atoms with Crippen molar-refractivity contribution in [2.45, 2.75) is 38.1 Å². The number of carbonyl (C=O) groups excluding carboxylic acids is 1. The quantitative estimate of drug-likeness (QED) is 0.750. The van der Waals surface area contributed by atoms with Crippen LogP contribution < -0.4 is 11.1 Å². The summed E-state index contributed by atoms with van der Waals surface area (Å²) in [6.07, 6.45) is -4.58. The average Bonchev–Trinajstić information content (AvgIpc) is 2.43. The lowest BCUT2D eigenvalue weighted by molar-refractivity contribution is -0.264. The molecule has 0 aromatic heterocycles. The van der Waals surface area contributed by atoms with Gasteiger partial charge in [-0.2, -0.15) is 13.2 Å². The summed E-state index contributed by atoms with van der Waals surface area (Å²) in [5, 5.41) is 12.2. The molecule has 1 aromatic rings. The van der Waals surface area contributed by atoms with Crippen molar-refractivity contribution in [2.75, 3.05) is 6.54 Å². The van der Waals surface area contributed by atoms with Crippen molar-refractivity contribution in [1.29, 1.82) is 0 Å². The molecule has 4 N–H and O–H groups in total. The van der Waals surface area contributed by atoms with Gasteiger partial charge in [-0.1, -0.05) is 44.2 Å². The van der Waals surface area contributed by atoms with Crippen LogP contribution in [0.15, 0.2) is 30.3 Å².